The van der Waals surface area contributed by atoms with Crippen LogP contribution >= 0.6 is 0 Å². The molecule has 0 saturated heterocycles. The lowest BCUT2D eigenvalue weighted by Gasteiger charge is -2.27. The lowest BCUT2D eigenvalue weighted by atomic mass is 9.88. The zero-order valence-corrected chi connectivity index (χ0v) is 57.6. The number of nitrogens with one attached hydrogen (secondary N) is 1. The number of carbonyl (C=O) groups is 11. The Kier molecular flexibility index (Phi) is 27.9. The van der Waals surface area contributed by atoms with Gasteiger partial charge in [-0.2, -0.15) is 0 Å². The molecule has 0 spiro atoms. The maximum atomic E-state index is 13.3. The van der Waals surface area contributed by atoms with Crippen LogP contribution in [0, 0.1) is 0 Å². The predicted octanol–water partition coefficient (Wildman–Crippen LogP) is 13.0. The minimum absolute atomic E-state index is 0.0213. The number of Topliss-reactive ketones (excluding diaryl/α,β-unsaturated/α-hetero) is 2. The Morgan fingerprint density at radius 3 is 1.42 bits per heavy atom. The van der Waals surface area contributed by atoms with Crippen molar-refractivity contribution in [2.75, 3.05) is 39.3 Å². The van der Waals surface area contributed by atoms with E-state index in [1.54, 1.807) is 132 Å². The minimum atomic E-state index is -0.782. The van der Waals surface area contributed by atoms with E-state index >= 15 is 0 Å². The predicted molar refractivity (Wildman–Crippen MR) is 348 cm³/mol. The Morgan fingerprint density at radius 2 is 0.926 bits per heavy atom. The number of unbranched alkanes of at least 4 members (excludes halogenated alkanes) is 2. The molecule has 516 valence electrons. The zero-order valence-electron chi connectivity index (χ0n) is 57.6. The molecule has 95 heavy (non-hydrogen) atoms. The molecule has 0 bridgehead atoms. The van der Waals surface area contributed by atoms with Crippen LogP contribution < -0.4 is 14.8 Å². The second-order valence-electron chi connectivity index (χ2n) is 27.1. The monoisotopic (exact) mass is 1320 g/mol. The smallest absolute Gasteiger partial charge is 0.412 e. The zero-order chi connectivity index (χ0) is 71.4. The highest BCUT2D eigenvalue weighted by atomic mass is 16.6. The number of amides is 3. The van der Waals surface area contributed by atoms with Crippen LogP contribution in [-0.4, -0.2) is 148 Å². The maximum Gasteiger partial charge on any atom is 0.412 e. The van der Waals surface area contributed by atoms with Crippen molar-refractivity contribution in [3.8, 4) is 11.5 Å². The molecule has 3 aromatic carbocycles. The fraction of sp³-hybridized carbons (Fsp3) is 0.514. The molecule has 0 aliphatic heterocycles. The van der Waals surface area contributed by atoms with Gasteiger partial charge in [0.2, 0.25) is 11.9 Å². The Bertz CT molecular complexity index is 3610. The molecule has 5 aromatic rings. The summed E-state index contributed by atoms with van der Waals surface area (Å²) in [5.41, 5.74) is -2.35. The molecule has 1 aliphatic carbocycles. The Morgan fingerprint density at radius 1 is 0.474 bits per heavy atom. The van der Waals surface area contributed by atoms with Gasteiger partial charge in [-0.1, -0.05) is 55.0 Å². The number of esters is 4. The van der Waals surface area contributed by atoms with E-state index in [0.717, 1.165) is 0 Å². The van der Waals surface area contributed by atoms with Crippen molar-refractivity contribution in [1.82, 2.24) is 15.1 Å². The first-order chi connectivity index (χ1) is 44.1. The molecule has 6 rings (SSSR count). The van der Waals surface area contributed by atoms with Gasteiger partial charge in [0.25, 0.3) is 0 Å². The number of rotatable bonds is 23. The number of carbonyl (C=O) groups excluding carboxylic acids is 12. The Hall–Kier alpha value is -9.51. The number of aliphatic imine (C=N–C) groups is 1. The molecule has 0 radical (unpaired) electrons. The Labute approximate surface area is 553 Å². The van der Waals surface area contributed by atoms with Crippen molar-refractivity contribution in [3.05, 3.63) is 94.6 Å². The van der Waals surface area contributed by atoms with E-state index in [9.17, 15) is 57.5 Å². The third-order valence-corrected chi connectivity index (χ3v) is 12.7. The molecule has 25 heteroatoms. The van der Waals surface area contributed by atoms with Crippen molar-refractivity contribution in [3.63, 3.8) is 0 Å². The number of ether oxygens (including phenoxy) is 7. The number of ketones is 4. The van der Waals surface area contributed by atoms with Gasteiger partial charge < -0.3 is 57.1 Å². The molecule has 0 saturated carbocycles. The van der Waals surface area contributed by atoms with E-state index in [-0.39, 0.29) is 133 Å². The fourth-order valence-corrected chi connectivity index (χ4v) is 8.87. The maximum absolute atomic E-state index is 13.3. The topological polar surface area (TPSA) is 327 Å². The highest BCUT2D eigenvalue weighted by Gasteiger charge is 2.35. The summed E-state index contributed by atoms with van der Waals surface area (Å²) < 4.78 is 49.4. The van der Waals surface area contributed by atoms with Crippen LogP contribution in [0.4, 0.5) is 14.4 Å². The van der Waals surface area contributed by atoms with Crippen molar-refractivity contribution in [1.29, 1.82) is 0 Å². The van der Waals surface area contributed by atoms with Gasteiger partial charge in [-0.15, -0.1) is 0 Å². The van der Waals surface area contributed by atoms with Gasteiger partial charge in [0, 0.05) is 81.3 Å². The number of fused-ring (bicyclic) bond motifs is 4. The fourth-order valence-electron chi connectivity index (χ4n) is 8.87. The van der Waals surface area contributed by atoms with Crippen LogP contribution in [0.25, 0.3) is 21.7 Å². The number of hydrogen-bond donors (Lipinski definition) is 1. The summed E-state index contributed by atoms with van der Waals surface area (Å²) in [6.07, 6.45) is 1.67. The van der Waals surface area contributed by atoms with Gasteiger partial charge in [0.05, 0.1) is 30.3 Å². The standard InChI is InChI=1S/C41H56N2O12.C15H26N2O5.C14H8O4/c1-26(44)30-25-29-34(52-37(48)42-22-15-11-12-19-32(46)53-39(2,3)4)27-17-13-14-18-28(27)35(36(29)50-30)51-31(45)20-16-23-43(38(49)55-41(8,9)10)24-21-33(47)54-40(5,6)7;1-14(2,3)21-12(19)7-9-17(10-8-16-11-18)13(20)22-15(4,5)6;1-7(15)11-6-10-12(16)8-4-2-3-5-9(8)13(17)14(10)18-11/h13-14,17-18,25H,11-12,15-16,19-24H2,1-10H3,(H,42,48);7-10H2,1-6H3;2-6H,1H3. The molecular formula is C70H90N4O21. The lowest BCUT2D eigenvalue weighted by Crippen LogP contribution is -2.40. The Balaban J connectivity index is 0.000000387. The quantitative estimate of drug-likeness (QED) is 0.0118. The number of nitrogens with zero attached hydrogens (tertiary/aromatic N) is 3. The molecule has 3 amide bonds. The van der Waals surface area contributed by atoms with Gasteiger partial charge in [-0.25, -0.2) is 24.2 Å². The normalized spacial score (nSPS) is 12.0. The van der Waals surface area contributed by atoms with E-state index in [0.29, 0.717) is 47.7 Å². The third kappa shape index (κ3) is 26.4. The second kappa shape index (κ2) is 34.1. The van der Waals surface area contributed by atoms with Crippen LogP contribution in [0.15, 0.2) is 74.5 Å². The summed E-state index contributed by atoms with van der Waals surface area (Å²) in [6.45, 7) is 29.9. The van der Waals surface area contributed by atoms with Gasteiger partial charge in [-0.05, 0) is 135 Å². The van der Waals surface area contributed by atoms with E-state index in [1.165, 1.54) is 41.9 Å². The van der Waals surface area contributed by atoms with Crippen LogP contribution in [0.1, 0.15) is 222 Å². The first-order valence-electron chi connectivity index (χ1n) is 31.2. The van der Waals surface area contributed by atoms with Crippen molar-refractivity contribution < 1.29 is 99.5 Å². The van der Waals surface area contributed by atoms with Gasteiger partial charge in [0.15, 0.2) is 51.7 Å². The first-order valence-corrected chi connectivity index (χ1v) is 31.2. The van der Waals surface area contributed by atoms with Crippen LogP contribution in [-0.2, 0) is 47.7 Å². The highest BCUT2D eigenvalue weighted by Crippen LogP contribution is 2.45. The summed E-state index contributed by atoms with van der Waals surface area (Å²) in [5.74, 6) is -3.03. The summed E-state index contributed by atoms with van der Waals surface area (Å²) in [6, 6.07) is 16.1. The van der Waals surface area contributed by atoms with E-state index in [4.69, 9.17) is 42.0 Å². The van der Waals surface area contributed by atoms with Gasteiger partial charge in [0.1, 0.15) is 28.0 Å². The molecule has 0 fully saturated rings. The molecule has 2 aromatic heterocycles. The molecular weight excluding hydrogens is 1230 g/mol. The van der Waals surface area contributed by atoms with E-state index in [1.807, 2.05) is 20.8 Å². The summed E-state index contributed by atoms with van der Waals surface area (Å²) >= 11 is 0. The highest BCUT2D eigenvalue weighted by molar-refractivity contribution is 6.28. The average molecular weight is 1320 g/mol. The van der Waals surface area contributed by atoms with E-state index in [2.05, 4.69) is 10.3 Å². The molecule has 2 heterocycles. The van der Waals surface area contributed by atoms with Crippen molar-refractivity contribution in [2.24, 2.45) is 4.99 Å². The summed E-state index contributed by atoms with van der Waals surface area (Å²) in [5, 5.41) is 3.79. The van der Waals surface area contributed by atoms with Crippen LogP contribution in [0.2, 0.25) is 0 Å². The lowest BCUT2D eigenvalue weighted by molar-refractivity contribution is -0.156. The molecule has 0 atom stereocenters. The average Bonchev–Trinajstić information content (AvgIpc) is 1.62. The van der Waals surface area contributed by atoms with Gasteiger partial charge in [-0.3, -0.25) is 38.4 Å². The largest absolute Gasteiger partial charge is 0.460 e. The van der Waals surface area contributed by atoms with Crippen molar-refractivity contribution >= 4 is 93.1 Å². The van der Waals surface area contributed by atoms with E-state index < -0.39 is 70.0 Å². The summed E-state index contributed by atoms with van der Waals surface area (Å²) in [7, 11) is 0. The number of furan rings is 2. The summed E-state index contributed by atoms with van der Waals surface area (Å²) in [4.78, 5) is 152. The first kappa shape index (κ1) is 77.9. The minimum Gasteiger partial charge on any atom is -0.460 e. The van der Waals surface area contributed by atoms with Crippen LogP contribution in [0.3, 0.4) is 0 Å². The third-order valence-electron chi connectivity index (χ3n) is 12.7. The molecule has 1 N–H and O–H groups in total. The molecule has 25 nitrogen and oxygen atoms in total. The number of hydrogen-bond acceptors (Lipinski definition) is 22. The second-order valence-corrected chi connectivity index (χ2v) is 27.1. The number of benzene rings is 3. The van der Waals surface area contributed by atoms with Crippen LogP contribution in [0.5, 0.6) is 11.5 Å². The van der Waals surface area contributed by atoms with Gasteiger partial charge >= 0.3 is 42.2 Å². The number of isocyanates is 1. The molecule has 1 aliphatic rings. The van der Waals surface area contributed by atoms with Crippen molar-refractivity contribution in [2.45, 2.75) is 197 Å². The molecule has 0 unspecified atom stereocenters. The SMILES string of the molecule is CC(=O)c1cc2c(OC(=O)NCCCCCC(=O)OC(C)(C)C)c3ccccc3c(OC(=O)CCCN(CCC(=O)OC(C)(C)C)C(=O)OC(C)(C)C)c2o1.CC(=O)c1cc2c(o1)C(=O)c1ccccc1C2=O.CC(C)(C)OC(=O)CCN(CCN=C=O)C(=O)OC(C)(C)C.